The van der Waals surface area contributed by atoms with Gasteiger partial charge in [-0.1, -0.05) is 149 Å². The fraction of sp³-hybridized carbons (Fsp3) is 0.261. The normalized spacial score (nSPS) is 13.7. The molecular weight excluding hydrogens is 684 g/mol. The van der Waals surface area contributed by atoms with E-state index < -0.39 is 23.7 Å². The number of halogens is 3. The van der Waals surface area contributed by atoms with Crippen LogP contribution in [-0.4, -0.2) is 58.7 Å². The Kier molecular flexibility index (Phi) is 15.4. The molecule has 1 heterocycles. The van der Waals surface area contributed by atoms with E-state index in [0.717, 1.165) is 40.9 Å². The maximum absolute atomic E-state index is 14.5. The zero-order valence-electron chi connectivity index (χ0n) is 30.3. The van der Waals surface area contributed by atoms with E-state index in [9.17, 15) is 22.8 Å². The summed E-state index contributed by atoms with van der Waals surface area (Å²) in [6, 6.07) is 41.7. The Labute approximate surface area is 318 Å². The van der Waals surface area contributed by atoms with Gasteiger partial charge in [0.1, 0.15) is 6.04 Å². The first-order valence-corrected chi connectivity index (χ1v) is 18.1. The van der Waals surface area contributed by atoms with Gasteiger partial charge in [0.15, 0.2) is 0 Å². The van der Waals surface area contributed by atoms with Crippen LogP contribution in [0.15, 0.2) is 146 Å². The molecule has 1 fully saturated rings. The monoisotopic (exact) mass is 733 g/mol. The van der Waals surface area contributed by atoms with Crippen molar-refractivity contribution in [1.29, 1.82) is 0 Å². The summed E-state index contributed by atoms with van der Waals surface area (Å²) in [6.45, 7) is 7.46. The maximum atomic E-state index is 14.5. The van der Waals surface area contributed by atoms with Crippen LogP contribution in [0.2, 0.25) is 0 Å². The van der Waals surface area contributed by atoms with Gasteiger partial charge < -0.3 is 9.80 Å². The summed E-state index contributed by atoms with van der Waals surface area (Å²) in [5, 5.41) is 0. The average molecular weight is 734 g/mol. The highest BCUT2D eigenvalue weighted by atomic mass is 19.4. The van der Waals surface area contributed by atoms with E-state index in [1.54, 1.807) is 4.90 Å². The standard InChI is InChI=1S/C43H40F3N3O2.C2H6.CH4/c44-43(45,46)39-23-18-33(19-24-39)20-25-41(50)49(32-36-16-21-38(22-17-36)37-14-8-3-9-15-37)40(30-34-10-4-1-5-11-34)42(51)48-28-26-47(27-29-48)31-35-12-6-2-7-13-35;1-2;/h1-25,40H,26-32H2;1-2H3;1H4/b25-20+;;. The van der Waals surface area contributed by atoms with Gasteiger partial charge in [0.2, 0.25) is 11.8 Å². The minimum absolute atomic E-state index is 0. The fourth-order valence-electron chi connectivity index (χ4n) is 6.36. The predicted octanol–water partition coefficient (Wildman–Crippen LogP) is 10.0. The number of hydrogen-bond donors (Lipinski definition) is 0. The molecule has 0 radical (unpaired) electrons. The molecule has 1 saturated heterocycles. The topological polar surface area (TPSA) is 43.9 Å². The van der Waals surface area contributed by atoms with Crippen LogP contribution >= 0.6 is 0 Å². The van der Waals surface area contributed by atoms with Crippen LogP contribution < -0.4 is 0 Å². The van der Waals surface area contributed by atoms with Crippen molar-refractivity contribution in [2.24, 2.45) is 0 Å². The highest BCUT2D eigenvalue weighted by molar-refractivity contribution is 5.95. The molecule has 8 heteroatoms. The third-order valence-electron chi connectivity index (χ3n) is 9.22. The summed E-state index contributed by atoms with van der Waals surface area (Å²) >= 11 is 0. The first-order chi connectivity index (χ1) is 25.7. The molecular formula is C46H50F3N3O2. The minimum atomic E-state index is -4.46. The second-order valence-electron chi connectivity index (χ2n) is 12.8. The molecule has 1 unspecified atom stereocenters. The number of rotatable bonds is 11. The van der Waals surface area contributed by atoms with Crippen LogP contribution in [0.3, 0.4) is 0 Å². The van der Waals surface area contributed by atoms with Crippen molar-refractivity contribution in [3.8, 4) is 11.1 Å². The van der Waals surface area contributed by atoms with Crippen LogP contribution in [0.5, 0.6) is 0 Å². The van der Waals surface area contributed by atoms with E-state index in [1.807, 2.05) is 122 Å². The SMILES string of the molecule is C.CC.O=C(C(Cc1ccccc1)N(Cc1ccc(-c2ccccc2)cc1)C(=O)/C=C/c1ccc(C(F)(F)F)cc1)N1CCN(Cc2ccccc2)CC1. The number of alkyl halides is 3. The van der Waals surface area contributed by atoms with Crippen molar-refractivity contribution < 1.29 is 22.8 Å². The zero-order valence-corrected chi connectivity index (χ0v) is 30.3. The van der Waals surface area contributed by atoms with Crippen molar-refractivity contribution in [1.82, 2.24) is 14.7 Å². The van der Waals surface area contributed by atoms with E-state index in [4.69, 9.17) is 0 Å². The number of carbonyl (C=O) groups excluding carboxylic acids is 2. The highest BCUT2D eigenvalue weighted by Crippen LogP contribution is 2.29. The fourth-order valence-corrected chi connectivity index (χ4v) is 6.36. The lowest BCUT2D eigenvalue weighted by molar-refractivity contribution is -0.145. The quantitative estimate of drug-likeness (QED) is 0.127. The van der Waals surface area contributed by atoms with Gasteiger partial charge in [-0.3, -0.25) is 14.5 Å². The van der Waals surface area contributed by atoms with E-state index >= 15 is 0 Å². The van der Waals surface area contributed by atoms with Gasteiger partial charge >= 0.3 is 6.18 Å². The molecule has 5 aromatic rings. The molecule has 0 N–H and O–H groups in total. The number of hydrogen-bond acceptors (Lipinski definition) is 3. The largest absolute Gasteiger partial charge is 0.416 e. The molecule has 0 spiro atoms. The van der Waals surface area contributed by atoms with E-state index in [1.165, 1.54) is 29.8 Å². The second-order valence-corrected chi connectivity index (χ2v) is 12.8. The number of benzene rings is 5. The van der Waals surface area contributed by atoms with Crippen molar-refractivity contribution in [2.75, 3.05) is 26.2 Å². The number of nitrogens with zero attached hydrogens (tertiary/aromatic N) is 3. The summed E-state index contributed by atoms with van der Waals surface area (Å²) in [6.07, 6.45) is -1.29. The molecule has 2 amide bonds. The Bertz CT molecular complexity index is 1890. The van der Waals surface area contributed by atoms with Gasteiger partial charge in [0.25, 0.3) is 0 Å². The predicted molar refractivity (Wildman–Crippen MR) is 213 cm³/mol. The molecule has 0 saturated carbocycles. The van der Waals surface area contributed by atoms with Gasteiger partial charge in [0, 0.05) is 51.8 Å². The molecule has 5 aromatic carbocycles. The number of carbonyl (C=O) groups is 2. The van der Waals surface area contributed by atoms with Crippen molar-refractivity contribution >= 4 is 17.9 Å². The van der Waals surface area contributed by atoms with E-state index in [0.29, 0.717) is 38.2 Å². The summed E-state index contributed by atoms with van der Waals surface area (Å²) in [4.78, 5) is 34.5. The average Bonchev–Trinajstić information content (AvgIpc) is 3.20. The lowest BCUT2D eigenvalue weighted by Crippen LogP contribution is -2.56. The van der Waals surface area contributed by atoms with E-state index in [2.05, 4.69) is 17.0 Å². The molecule has 5 nitrogen and oxygen atoms in total. The Balaban J connectivity index is 0.00000213. The van der Waals surface area contributed by atoms with E-state index in [-0.39, 0.29) is 19.9 Å². The van der Waals surface area contributed by atoms with Gasteiger partial charge in [-0.15, -0.1) is 0 Å². The Hall–Kier alpha value is -5.47. The van der Waals surface area contributed by atoms with Crippen LogP contribution in [0.4, 0.5) is 13.2 Å². The third-order valence-corrected chi connectivity index (χ3v) is 9.22. The molecule has 1 aliphatic rings. The third kappa shape index (κ3) is 11.5. The van der Waals surface area contributed by atoms with Gasteiger partial charge in [-0.05, 0) is 51.6 Å². The van der Waals surface area contributed by atoms with Gasteiger partial charge in [-0.2, -0.15) is 13.2 Å². The Morgan fingerprint density at radius 2 is 1.19 bits per heavy atom. The van der Waals surface area contributed by atoms with Crippen molar-refractivity contribution in [3.63, 3.8) is 0 Å². The van der Waals surface area contributed by atoms with Crippen LogP contribution in [-0.2, 0) is 35.3 Å². The van der Waals surface area contributed by atoms with Crippen molar-refractivity contribution in [3.05, 3.63) is 173 Å². The molecule has 282 valence electrons. The van der Waals surface area contributed by atoms with Crippen LogP contribution in [0, 0.1) is 0 Å². The molecule has 54 heavy (non-hydrogen) atoms. The van der Waals surface area contributed by atoms with Gasteiger partial charge in [0.05, 0.1) is 5.56 Å². The van der Waals surface area contributed by atoms with Crippen LogP contribution in [0.1, 0.15) is 49.1 Å². The smallest absolute Gasteiger partial charge is 0.338 e. The second kappa shape index (κ2) is 20.1. The maximum Gasteiger partial charge on any atom is 0.416 e. The zero-order chi connectivity index (χ0) is 37.6. The van der Waals surface area contributed by atoms with Crippen LogP contribution in [0.25, 0.3) is 17.2 Å². The minimum Gasteiger partial charge on any atom is -0.338 e. The molecule has 0 aromatic heterocycles. The molecule has 1 atom stereocenters. The molecule has 0 aliphatic carbocycles. The Morgan fingerprint density at radius 1 is 0.667 bits per heavy atom. The molecule has 0 bridgehead atoms. The summed E-state index contributed by atoms with van der Waals surface area (Å²) in [5.41, 5.74) is 4.78. The molecule has 1 aliphatic heterocycles. The summed E-state index contributed by atoms with van der Waals surface area (Å²) in [7, 11) is 0. The first kappa shape index (κ1) is 41.3. The summed E-state index contributed by atoms with van der Waals surface area (Å²) in [5.74, 6) is -0.533. The van der Waals surface area contributed by atoms with Crippen molar-refractivity contribution in [2.45, 2.75) is 53.0 Å². The molecule has 6 rings (SSSR count). The first-order valence-electron chi connectivity index (χ1n) is 18.1. The lowest BCUT2D eigenvalue weighted by atomic mass is 10.0. The number of amides is 2. The summed E-state index contributed by atoms with van der Waals surface area (Å²) < 4.78 is 39.5. The Morgan fingerprint density at radius 3 is 1.74 bits per heavy atom. The number of piperazine rings is 1. The van der Waals surface area contributed by atoms with Gasteiger partial charge in [-0.25, -0.2) is 0 Å². The lowest BCUT2D eigenvalue weighted by Gasteiger charge is -2.39. The highest BCUT2D eigenvalue weighted by Gasteiger charge is 2.34.